The molecule has 2 unspecified atom stereocenters. The number of thiazole rings is 1. The van der Waals surface area contributed by atoms with Gasteiger partial charge >= 0.3 is 0 Å². The van der Waals surface area contributed by atoms with Crippen LogP contribution in [0, 0.1) is 5.92 Å². The van der Waals surface area contributed by atoms with E-state index >= 15 is 0 Å². The number of carbonyl (C=O) groups is 1. The van der Waals surface area contributed by atoms with Crippen LogP contribution in [0.2, 0.25) is 0 Å². The van der Waals surface area contributed by atoms with Crippen LogP contribution >= 0.6 is 11.3 Å². The number of nitrogens with one attached hydrogen (secondary N) is 1. The van der Waals surface area contributed by atoms with Crippen molar-refractivity contribution in [3.63, 3.8) is 0 Å². The molecule has 100 valence electrons. The van der Waals surface area contributed by atoms with Crippen molar-refractivity contribution < 1.29 is 9.90 Å². The molecule has 1 aromatic rings. The second-order valence-corrected chi connectivity index (χ2v) is 5.67. The summed E-state index contributed by atoms with van der Waals surface area (Å²) in [5.41, 5.74) is 1.05. The minimum Gasteiger partial charge on any atom is -0.392 e. The predicted molar refractivity (Wildman–Crippen MR) is 71.6 cm³/mol. The molecule has 1 amide bonds. The topological polar surface area (TPSA) is 62.2 Å². The van der Waals surface area contributed by atoms with E-state index in [1.165, 1.54) is 0 Å². The number of carbonyl (C=O) groups excluding carboxylic acids is 1. The second-order valence-electron chi connectivity index (χ2n) is 4.73. The molecule has 2 atom stereocenters. The van der Waals surface area contributed by atoms with E-state index in [4.69, 9.17) is 0 Å². The minimum atomic E-state index is -0.448. The molecule has 5 heteroatoms. The van der Waals surface area contributed by atoms with Crippen LogP contribution in [0.25, 0.3) is 0 Å². The molecule has 2 N–H and O–H groups in total. The average Bonchev–Trinajstić information content (AvgIpc) is 2.97. The van der Waals surface area contributed by atoms with Gasteiger partial charge in [-0.2, -0.15) is 0 Å². The Balaban J connectivity index is 1.73. The van der Waals surface area contributed by atoms with E-state index in [1.807, 2.05) is 0 Å². The number of amides is 1. The van der Waals surface area contributed by atoms with Crippen LogP contribution in [-0.4, -0.2) is 28.6 Å². The normalized spacial score (nSPS) is 23.2. The predicted octanol–water partition coefficient (Wildman–Crippen LogP) is 1.53. The molecule has 1 aliphatic rings. The fourth-order valence-corrected chi connectivity index (χ4v) is 3.10. The lowest BCUT2D eigenvalue weighted by molar-refractivity contribution is -0.127. The zero-order valence-electron chi connectivity index (χ0n) is 10.7. The van der Waals surface area contributed by atoms with Gasteiger partial charge in [0.2, 0.25) is 5.91 Å². The number of nitrogens with zero attached hydrogens (tertiary/aromatic N) is 1. The third-order valence-electron chi connectivity index (χ3n) is 3.40. The highest BCUT2D eigenvalue weighted by atomic mass is 32.1. The Bertz CT molecular complexity index is 405. The van der Waals surface area contributed by atoms with Crippen LogP contribution in [0.4, 0.5) is 0 Å². The van der Waals surface area contributed by atoms with E-state index in [2.05, 4.69) is 22.6 Å². The average molecular weight is 268 g/mol. The largest absolute Gasteiger partial charge is 0.392 e. The molecule has 0 bridgehead atoms. The first-order valence-electron chi connectivity index (χ1n) is 6.59. The zero-order chi connectivity index (χ0) is 13.0. The van der Waals surface area contributed by atoms with Crippen molar-refractivity contribution in [3.05, 3.63) is 16.1 Å². The number of aromatic nitrogens is 1. The third-order valence-corrected chi connectivity index (χ3v) is 4.44. The molecular formula is C13H20N2O2S. The monoisotopic (exact) mass is 268 g/mol. The molecule has 0 radical (unpaired) electrons. The summed E-state index contributed by atoms with van der Waals surface area (Å²) < 4.78 is 0. The van der Waals surface area contributed by atoms with Gasteiger partial charge in [-0.05, 0) is 25.7 Å². The Morgan fingerprint density at radius 1 is 1.61 bits per heavy atom. The number of rotatable bonds is 5. The van der Waals surface area contributed by atoms with Gasteiger partial charge in [0.15, 0.2) is 0 Å². The van der Waals surface area contributed by atoms with Crippen molar-refractivity contribution in [3.8, 4) is 0 Å². The first-order valence-corrected chi connectivity index (χ1v) is 7.47. The molecule has 1 aromatic heterocycles. The van der Waals surface area contributed by atoms with E-state index < -0.39 is 6.10 Å². The van der Waals surface area contributed by atoms with E-state index in [0.717, 1.165) is 42.8 Å². The van der Waals surface area contributed by atoms with E-state index in [-0.39, 0.29) is 11.8 Å². The highest BCUT2D eigenvalue weighted by molar-refractivity contribution is 7.09. The maximum Gasteiger partial charge on any atom is 0.225 e. The van der Waals surface area contributed by atoms with E-state index in [0.29, 0.717) is 6.54 Å². The van der Waals surface area contributed by atoms with Gasteiger partial charge in [-0.15, -0.1) is 11.3 Å². The van der Waals surface area contributed by atoms with Crippen LogP contribution in [0.1, 0.15) is 36.9 Å². The number of aryl methyl sites for hydroxylation is 1. The fourth-order valence-electron chi connectivity index (χ4n) is 2.32. The molecule has 0 spiro atoms. The highest BCUT2D eigenvalue weighted by Crippen LogP contribution is 2.25. The Hall–Kier alpha value is -0.940. The van der Waals surface area contributed by atoms with Crippen LogP contribution in [0.3, 0.4) is 0 Å². The van der Waals surface area contributed by atoms with Gasteiger partial charge < -0.3 is 10.4 Å². The van der Waals surface area contributed by atoms with Crippen molar-refractivity contribution in [2.24, 2.45) is 5.92 Å². The SMILES string of the molecule is CCc1nc(CCNC(=O)C2CCCC2O)cs1. The lowest BCUT2D eigenvalue weighted by Gasteiger charge is -2.13. The Kier molecular flexibility index (Phi) is 4.72. The Morgan fingerprint density at radius 2 is 2.44 bits per heavy atom. The summed E-state index contributed by atoms with van der Waals surface area (Å²) in [6.07, 6.45) is 3.80. The molecule has 4 nitrogen and oxygen atoms in total. The van der Waals surface area contributed by atoms with Crippen molar-refractivity contribution in [1.29, 1.82) is 0 Å². The zero-order valence-corrected chi connectivity index (χ0v) is 11.5. The van der Waals surface area contributed by atoms with Crippen molar-refractivity contribution >= 4 is 17.2 Å². The Morgan fingerprint density at radius 3 is 3.06 bits per heavy atom. The Labute approximate surface area is 111 Å². The van der Waals surface area contributed by atoms with Gasteiger partial charge in [-0.3, -0.25) is 4.79 Å². The second kappa shape index (κ2) is 6.29. The van der Waals surface area contributed by atoms with Crippen molar-refractivity contribution in [2.45, 2.75) is 45.1 Å². The van der Waals surface area contributed by atoms with Crippen LogP contribution in [0.5, 0.6) is 0 Å². The van der Waals surface area contributed by atoms with Gasteiger partial charge in [-0.25, -0.2) is 4.98 Å². The first-order chi connectivity index (χ1) is 8.70. The molecule has 0 saturated heterocycles. The lowest BCUT2D eigenvalue weighted by Crippen LogP contribution is -2.35. The van der Waals surface area contributed by atoms with Gasteiger partial charge in [-0.1, -0.05) is 6.92 Å². The van der Waals surface area contributed by atoms with Crippen LogP contribution in [0.15, 0.2) is 5.38 Å². The summed E-state index contributed by atoms with van der Waals surface area (Å²) in [5, 5.41) is 15.7. The maximum absolute atomic E-state index is 11.8. The molecule has 0 aliphatic heterocycles. The van der Waals surface area contributed by atoms with E-state index in [9.17, 15) is 9.90 Å². The maximum atomic E-state index is 11.8. The lowest BCUT2D eigenvalue weighted by atomic mass is 10.1. The third kappa shape index (κ3) is 3.29. The number of aliphatic hydroxyl groups is 1. The summed E-state index contributed by atoms with van der Waals surface area (Å²) in [7, 11) is 0. The molecule has 1 aliphatic carbocycles. The first kappa shape index (κ1) is 13.5. The van der Waals surface area contributed by atoms with Crippen molar-refractivity contribution in [2.75, 3.05) is 6.54 Å². The van der Waals surface area contributed by atoms with E-state index in [1.54, 1.807) is 11.3 Å². The van der Waals surface area contributed by atoms with Gasteiger partial charge in [0, 0.05) is 18.3 Å². The molecular weight excluding hydrogens is 248 g/mol. The highest BCUT2D eigenvalue weighted by Gasteiger charge is 2.30. The molecule has 18 heavy (non-hydrogen) atoms. The molecule has 1 fully saturated rings. The van der Waals surface area contributed by atoms with Gasteiger partial charge in [0.25, 0.3) is 0 Å². The number of hydrogen-bond donors (Lipinski definition) is 2. The van der Waals surface area contributed by atoms with Crippen molar-refractivity contribution in [1.82, 2.24) is 10.3 Å². The smallest absolute Gasteiger partial charge is 0.225 e. The summed E-state index contributed by atoms with van der Waals surface area (Å²) in [5.74, 6) is -0.211. The minimum absolute atomic E-state index is 0.00838. The standard InChI is InChI=1S/C13H20N2O2S/c1-2-12-15-9(8-18-12)6-7-14-13(17)10-4-3-5-11(10)16/h8,10-11,16H,2-7H2,1H3,(H,14,17). The van der Waals surface area contributed by atoms with Crippen LogP contribution < -0.4 is 5.32 Å². The summed E-state index contributed by atoms with van der Waals surface area (Å²) in [6.45, 7) is 2.70. The van der Waals surface area contributed by atoms with Gasteiger partial charge in [0.05, 0.1) is 22.7 Å². The molecule has 0 aromatic carbocycles. The molecule has 2 rings (SSSR count). The molecule has 1 heterocycles. The molecule has 1 saturated carbocycles. The van der Waals surface area contributed by atoms with Crippen LogP contribution in [-0.2, 0) is 17.6 Å². The summed E-state index contributed by atoms with van der Waals surface area (Å²) in [6, 6.07) is 0. The number of hydrogen-bond acceptors (Lipinski definition) is 4. The summed E-state index contributed by atoms with van der Waals surface area (Å²) in [4.78, 5) is 16.3. The van der Waals surface area contributed by atoms with Gasteiger partial charge in [0.1, 0.15) is 0 Å². The summed E-state index contributed by atoms with van der Waals surface area (Å²) >= 11 is 1.67. The fraction of sp³-hybridized carbons (Fsp3) is 0.692. The quantitative estimate of drug-likeness (QED) is 0.851. The number of aliphatic hydroxyl groups excluding tert-OH is 1.